The molecule has 1 aliphatic rings. The molecule has 43 heavy (non-hydrogen) atoms. The van der Waals surface area contributed by atoms with Gasteiger partial charge in [-0.1, -0.05) is 88.8 Å². The molecule has 1 heterocycles. The second-order valence-corrected chi connectivity index (χ2v) is 11.2. The predicted molar refractivity (Wildman–Crippen MR) is 174 cm³/mol. The summed E-state index contributed by atoms with van der Waals surface area (Å²) < 4.78 is 6.21. The molecule has 2 amide bonds. The highest BCUT2D eigenvalue weighted by molar-refractivity contribution is 5.98. The largest absolute Gasteiger partial charge is 0.371 e. The first-order chi connectivity index (χ1) is 20.9. The Morgan fingerprint density at radius 1 is 1.00 bits per heavy atom. The van der Waals surface area contributed by atoms with Gasteiger partial charge in [-0.25, -0.2) is 4.98 Å². The Hall–Kier alpha value is -3.97. The van der Waals surface area contributed by atoms with E-state index in [0.717, 1.165) is 65.8 Å². The number of fused-ring (bicyclic) bond motifs is 1. The van der Waals surface area contributed by atoms with Crippen molar-refractivity contribution < 1.29 is 14.3 Å². The number of carbonyl (C=O) groups is 2. The predicted octanol–water partition coefficient (Wildman–Crippen LogP) is 7.63. The summed E-state index contributed by atoms with van der Waals surface area (Å²) >= 11 is 0. The van der Waals surface area contributed by atoms with Gasteiger partial charge in [0.15, 0.2) is 0 Å². The summed E-state index contributed by atoms with van der Waals surface area (Å²) in [5.74, 6) is 0.801. The monoisotopic (exact) mass is 582 g/mol. The van der Waals surface area contributed by atoms with Gasteiger partial charge in [-0.05, 0) is 55.9 Å². The van der Waals surface area contributed by atoms with Gasteiger partial charge in [0, 0.05) is 29.2 Å². The van der Waals surface area contributed by atoms with Crippen molar-refractivity contribution in [1.82, 2.24) is 20.6 Å². The molecule has 0 bridgehead atoms. The summed E-state index contributed by atoms with van der Waals surface area (Å²) in [7, 11) is 0. The number of aromatic amines is 1. The van der Waals surface area contributed by atoms with E-state index in [-0.39, 0.29) is 29.9 Å². The van der Waals surface area contributed by atoms with Crippen molar-refractivity contribution in [2.45, 2.75) is 91.4 Å². The Kier molecular flexibility index (Phi) is 11.9. The molecule has 0 aliphatic heterocycles. The van der Waals surface area contributed by atoms with E-state index in [4.69, 9.17) is 9.72 Å². The van der Waals surface area contributed by atoms with Crippen LogP contribution >= 0.6 is 0 Å². The van der Waals surface area contributed by atoms with Gasteiger partial charge < -0.3 is 20.4 Å². The third-order valence-corrected chi connectivity index (χ3v) is 8.05. The van der Waals surface area contributed by atoms with E-state index in [1.54, 1.807) is 0 Å². The molecule has 0 fully saturated rings. The maximum atomic E-state index is 13.3. The van der Waals surface area contributed by atoms with Crippen LogP contribution in [-0.2, 0) is 16.1 Å². The third-order valence-electron chi connectivity index (χ3n) is 8.05. The molecule has 0 saturated carbocycles. The van der Waals surface area contributed by atoms with E-state index in [2.05, 4.69) is 61.5 Å². The maximum Gasteiger partial charge on any atom is 0.251 e. The minimum Gasteiger partial charge on any atom is -0.371 e. The molecule has 7 nitrogen and oxygen atoms in total. The lowest BCUT2D eigenvalue weighted by molar-refractivity contribution is -0.124. The van der Waals surface area contributed by atoms with Crippen molar-refractivity contribution in [3.05, 3.63) is 95.5 Å². The van der Waals surface area contributed by atoms with Gasteiger partial charge >= 0.3 is 0 Å². The number of benzene rings is 2. The van der Waals surface area contributed by atoms with E-state index < -0.39 is 0 Å². The minimum absolute atomic E-state index is 0.0582. The first-order valence-corrected chi connectivity index (χ1v) is 15.8. The lowest BCUT2D eigenvalue weighted by Gasteiger charge is -2.26. The van der Waals surface area contributed by atoms with Crippen molar-refractivity contribution in [2.24, 2.45) is 5.92 Å². The summed E-state index contributed by atoms with van der Waals surface area (Å²) in [6.07, 6.45) is 13.9. The average molecular weight is 583 g/mol. The number of nitrogens with zero attached hydrogens (tertiary/aromatic N) is 1. The normalized spacial score (nSPS) is 17.5. The molecule has 3 unspecified atom stereocenters. The number of allylic oxidation sites excluding steroid dienone is 5. The minimum atomic E-state index is -0.124. The van der Waals surface area contributed by atoms with Crippen LogP contribution in [-0.4, -0.2) is 33.9 Å². The zero-order chi connectivity index (χ0) is 30.6. The molecule has 0 radical (unpaired) electrons. The number of carbonyl (C=O) groups excluding carboxylic acids is 2. The summed E-state index contributed by atoms with van der Waals surface area (Å²) in [6.45, 7) is 8.85. The van der Waals surface area contributed by atoms with Crippen LogP contribution in [0.3, 0.4) is 0 Å². The molecule has 0 spiro atoms. The highest BCUT2D eigenvalue weighted by atomic mass is 16.5. The first-order valence-electron chi connectivity index (χ1n) is 15.8. The van der Waals surface area contributed by atoms with Crippen molar-refractivity contribution >= 4 is 28.4 Å². The quantitative estimate of drug-likeness (QED) is 0.182. The van der Waals surface area contributed by atoms with Gasteiger partial charge in [-0.15, -0.1) is 0 Å². The smallest absolute Gasteiger partial charge is 0.251 e. The Labute approximate surface area is 255 Å². The number of hydrogen-bond acceptors (Lipinski definition) is 4. The topological polar surface area (TPSA) is 96.1 Å². The molecule has 3 N–H and O–H groups in total. The number of rotatable bonds is 14. The van der Waals surface area contributed by atoms with Crippen LogP contribution in [0.5, 0.6) is 0 Å². The number of H-pyrrole nitrogens is 1. The second-order valence-electron chi connectivity index (χ2n) is 11.2. The first kappa shape index (κ1) is 32.0. The Bertz CT molecular complexity index is 1450. The van der Waals surface area contributed by atoms with Crippen molar-refractivity contribution in [3.8, 4) is 0 Å². The van der Waals surface area contributed by atoms with E-state index >= 15 is 0 Å². The van der Waals surface area contributed by atoms with Crippen LogP contribution in [0.2, 0.25) is 0 Å². The zero-order valence-electron chi connectivity index (χ0n) is 26.0. The lowest BCUT2D eigenvalue weighted by atomic mass is 9.99. The van der Waals surface area contributed by atoms with Crippen molar-refractivity contribution in [2.75, 3.05) is 0 Å². The number of imidazole rings is 1. The molecular formula is C36H46N4O3. The number of hydrogen-bond donors (Lipinski definition) is 3. The average Bonchev–Trinajstić information content (AvgIpc) is 3.44. The van der Waals surface area contributed by atoms with Crippen LogP contribution in [0.1, 0.15) is 94.4 Å². The number of amides is 2. The zero-order valence-corrected chi connectivity index (χ0v) is 26.0. The molecule has 3 aromatic rings. The molecule has 3 atom stereocenters. The Balaban J connectivity index is 1.41. The van der Waals surface area contributed by atoms with Crippen molar-refractivity contribution in [3.63, 3.8) is 0 Å². The summed E-state index contributed by atoms with van der Waals surface area (Å²) in [5.41, 5.74) is 5.23. The van der Waals surface area contributed by atoms with E-state index in [9.17, 15) is 9.59 Å². The van der Waals surface area contributed by atoms with Crippen molar-refractivity contribution in [1.29, 1.82) is 0 Å². The van der Waals surface area contributed by atoms with Gasteiger partial charge in [0.1, 0.15) is 5.82 Å². The fraction of sp³-hybridized carbons (Fsp3) is 0.417. The summed E-state index contributed by atoms with van der Waals surface area (Å²) in [4.78, 5) is 34.1. The van der Waals surface area contributed by atoms with E-state index in [1.807, 2.05) is 54.6 Å². The Morgan fingerprint density at radius 3 is 2.53 bits per heavy atom. The summed E-state index contributed by atoms with van der Waals surface area (Å²) in [5, 5.41) is 6.33. The molecule has 1 aromatic heterocycles. The lowest BCUT2D eigenvalue weighted by Crippen LogP contribution is -2.43. The molecular weight excluding hydrogens is 536 g/mol. The molecule has 4 rings (SSSR count). The highest BCUT2D eigenvalue weighted by Crippen LogP contribution is 2.23. The summed E-state index contributed by atoms with van der Waals surface area (Å²) in [6, 6.07) is 15.6. The van der Waals surface area contributed by atoms with Gasteiger partial charge in [-0.3, -0.25) is 9.59 Å². The molecule has 0 saturated heterocycles. The van der Waals surface area contributed by atoms with Crippen LogP contribution in [0, 0.1) is 5.92 Å². The fourth-order valence-electron chi connectivity index (χ4n) is 5.49. The third kappa shape index (κ3) is 8.77. The van der Waals surface area contributed by atoms with Gasteiger partial charge in [0.2, 0.25) is 5.91 Å². The standard InChI is InChI=1S/C36H46N4O3/c1-5-14-26(6-2)35(41)37-29-19-12-17-27(18-13-20-29)34-38-31-22-21-28(23-32(31)39-34)36(42)40-30(7-3)33(8-4)43-24-25-15-10-9-11-16-25/h9-12,15-18,20-23,26,30,33H,5-8,13-14,19,24H2,1-4H3,(H,37,41)(H,38,39)(H,40,42)/b17-12-,27-18?,29-20+. The number of nitrogens with one attached hydrogen (secondary N) is 3. The van der Waals surface area contributed by atoms with E-state index in [1.165, 1.54) is 0 Å². The van der Waals surface area contributed by atoms with Crippen LogP contribution < -0.4 is 10.6 Å². The van der Waals surface area contributed by atoms with Crippen LogP contribution in [0.4, 0.5) is 0 Å². The maximum absolute atomic E-state index is 13.3. The van der Waals surface area contributed by atoms with E-state index in [0.29, 0.717) is 25.0 Å². The number of ether oxygens (including phenoxy) is 1. The Morgan fingerprint density at radius 2 is 1.81 bits per heavy atom. The number of aromatic nitrogens is 2. The molecule has 2 aromatic carbocycles. The molecule has 7 heteroatoms. The van der Waals surface area contributed by atoms with Crippen LogP contribution in [0.15, 0.2) is 78.5 Å². The van der Waals surface area contributed by atoms with Crippen LogP contribution in [0.25, 0.3) is 16.6 Å². The molecule has 1 aliphatic carbocycles. The van der Waals surface area contributed by atoms with Gasteiger partial charge in [0.05, 0.1) is 29.8 Å². The van der Waals surface area contributed by atoms with Gasteiger partial charge in [0.25, 0.3) is 5.91 Å². The SMILES string of the molecule is CCCC(CC)C(=O)N/C1=C/CC=C(c2nc3ccc(C(=O)NC(CC)C(CC)OCc4ccccc4)cc3[nH]2)/C=C\C1. The highest BCUT2D eigenvalue weighted by Gasteiger charge is 2.22. The fourth-order valence-corrected chi connectivity index (χ4v) is 5.49. The van der Waals surface area contributed by atoms with Gasteiger partial charge in [-0.2, -0.15) is 0 Å². The molecule has 228 valence electrons. The second kappa shape index (κ2) is 16.0.